The van der Waals surface area contributed by atoms with Crippen molar-refractivity contribution in [3.63, 3.8) is 0 Å². The molecule has 3 nitrogen and oxygen atoms in total. The Morgan fingerprint density at radius 1 is 1.39 bits per heavy atom. The average molecular weight is 267 g/mol. The fraction of sp³-hybridized carbons (Fsp3) is 0.500. The molecule has 1 saturated carbocycles. The number of amides is 1. The van der Waals surface area contributed by atoms with Gasteiger partial charge in [-0.3, -0.25) is 9.69 Å². The summed E-state index contributed by atoms with van der Waals surface area (Å²) in [4.78, 5) is 13.9. The van der Waals surface area contributed by atoms with Crippen molar-refractivity contribution in [2.75, 3.05) is 13.1 Å². The summed E-state index contributed by atoms with van der Waals surface area (Å²) in [6.45, 7) is 3.94. The smallest absolute Gasteiger partial charge is 0.234 e. The van der Waals surface area contributed by atoms with Gasteiger partial charge in [0, 0.05) is 24.2 Å². The summed E-state index contributed by atoms with van der Waals surface area (Å²) in [6, 6.07) is 8.41. The Bertz CT molecular complexity index is 401. The van der Waals surface area contributed by atoms with E-state index in [1.165, 1.54) is 18.4 Å². The van der Waals surface area contributed by atoms with Gasteiger partial charge >= 0.3 is 0 Å². The number of benzene rings is 1. The lowest BCUT2D eigenvalue weighted by atomic mass is 10.2. The maximum atomic E-state index is 11.7. The highest BCUT2D eigenvalue weighted by molar-refractivity contribution is 6.30. The molecule has 1 fully saturated rings. The first-order valence-electron chi connectivity index (χ1n) is 6.44. The number of hydrogen-bond acceptors (Lipinski definition) is 2. The highest BCUT2D eigenvalue weighted by atomic mass is 35.5. The third-order valence-corrected chi connectivity index (χ3v) is 3.33. The molecule has 0 heterocycles. The third kappa shape index (κ3) is 4.00. The molecular formula is C14H19ClN2O. The molecule has 1 aliphatic rings. The maximum absolute atomic E-state index is 11.7. The molecular weight excluding hydrogens is 248 g/mol. The van der Waals surface area contributed by atoms with E-state index in [0.29, 0.717) is 19.1 Å². The van der Waals surface area contributed by atoms with Gasteiger partial charge in [-0.05, 0) is 37.5 Å². The molecule has 0 radical (unpaired) electrons. The topological polar surface area (TPSA) is 32.3 Å². The zero-order valence-corrected chi connectivity index (χ0v) is 11.4. The Morgan fingerprint density at radius 3 is 2.61 bits per heavy atom. The Labute approximate surface area is 113 Å². The summed E-state index contributed by atoms with van der Waals surface area (Å²) < 4.78 is 0. The average Bonchev–Trinajstić information content (AvgIpc) is 3.15. The molecule has 0 bridgehead atoms. The summed E-state index contributed by atoms with van der Waals surface area (Å²) in [5.74, 6) is 0.110. The van der Waals surface area contributed by atoms with E-state index >= 15 is 0 Å². The largest absolute Gasteiger partial charge is 0.355 e. The van der Waals surface area contributed by atoms with Gasteiger partial charge in [0.25, 0.3) is 0 Å². The molecule has 0 aliphatic heterocycles. The molecule has 1 aliphatic carbocycles. The van der Waals surface area contributed by atoms with Crippen LogP contribution in [0.4, 0.5) is 0 Å². The molecule has 0 saturated heterocycles. The first-order valence-corrected chi connectivity index (χ1v) is 6.82. The van der Waals surface area contributed by atoms with E-state index in [0.717, 1.165) is 11.6 Å². The van der Waals surface area contributed by atoms with Crippen LogP contribution in [0.15, 0.2) is 24.3 Å². The van der Waals surface area contributed by atoms with Gasteiger partial charge < -0.3 is 5.32 Å². The van der Waals surface area contributed by atoms with Crippen LogP contribution in [-0.4, -0.2) is 29.9 Å². The molecule has 0 unspecified atom stereocenters. The second kappa shape index (κ2) is 6.21. The van der Waals surface area contributed by atoms with Crippen LogP contribution in [0.3, 0.4) is 0 Å². The highest BCUT2D eigenvalue weighted by Gasteiger charge is 2.30. The molecule has 1 aromatic rings. The van der Waals surface area contributed by atoms with Crippen LogP contribution in [0, 0.1) is 0 Å². The molecule has 4 heteroatoms. The Hall–Kier alpha value is -1.06. The second-order valence-corrected chi connectivity index (χ2v) is 5.15. The number of halogens is 1. The minimum atomic E-state index is 0.110. The van der Waals surface area contributed by atoms with Crippen LogP contribution in [0.1, 0.15) is 25.3 Å². The van der Waals surface area contributed by atoms with Crippen molar-refractivity contribution < 1.29 is 4.79 Å². The van der Waals surface area contributed by atoms with E-state index in [-0.39, 0.29) is 5.91 Å². The van der Waals surface area contributed by atoms with Gasteiger partial charge in [0.1, 0.15) is 0 Å². The second-order valence-electron chi connectivity index (χ2n) is 4.72. The first kappa shape index (κ1) is 13.4. The van der Waals surface area contributed by atoms with Crippen molar-refractivity contribution >= 4 is 17.5 Å². The van der Waals surface area contributed by atoms with E-state index in [1.54, 1.807) is 0 Å². The first-order chi connectivity index (χ1) is 8.69. The zero-order valence-electron chi connectivity index (χ0n) is 10.7. The third-order valence-electron chi connectivity index (χ3n) is 3.08. The standard InChI is InChI=1S/C14H19ClN2O/c1-2-16-14(18)10-17(13-7-8-13)9-11-3-5-12(15)6-4-11/h3-6,13H,2,7-10H2,1H3,(H,16,18). The minimum Gasteiger partial charge on any atom is -0.355 e. The number of nitrogens with zero attached hydrogens (tertiary/aromatic N) is 1. The van der Waals surface area contributed by atoms with Gasteiger partial charge in [0.05, 0.1) is 6.54 Å². The molecule has 0 spiro atoms. The lowest BCUT2D eigenvalue weighted by Crippen LogP contribution is -2.38. The van der Waals surface area contributed by atoms with Crippen molar-refractivity contribution in [1.29, 1.82) is 0 Å². The number of hydrogen-bond donors (Lipinski definition) is 1. The van der Waals surface area contributed by atoms with Crippen molar-refractivity contribution in [1.82, 2.24) is 10.2 Å². The summed E-state index contributed by atoms with van der Waals surface area (Å²) in [5.41, 5.74) is 1.20. The monoisotopic (exact) mass is 266 g/mol. The van der Waals surface area contributed by atoms with Gasteiger partial charge in [-0.1, -0.05) is 23.7 Å². The van der Waals surface area contributed by atoms with Gasteiger partial charge in [0.15, 0.2) is 0 Å². The van der Waals surface area contributed by atoms with Crippen molar-refractivity contribution in [2.24, 2.45) is 0 Å². The van der Waals surface area contributed by atoms with Gasteiger partial charge in [-0.25, -0.2) is 0 Å². The van der Waals surface area contributed by atoms with E-state index in [1.807, 2.05) is 31.2 Å². The predicted molar refractivity (Wildman–Crippen MR) is 73.6 cm³/mol. The lowest BCUT2D eigenvalue weighted by molar-refractivity contribution is -0.122. The molecule has 1 N–H and O–H groups in total. The van der Waals surface area contributed by atoms with Gasteiger partial charge in [-0.2, -0.15) is 0 Å². The van der Waals surface area contributed by atoms with Crippen LogP contribution in [0.25, 0.3) is 0 Å². The molecule has 0 aromatic heterocycles. The maximum Gasteiger partial charge on any atom is 0.234 e. The predicted octanol–water partition coefficient (Wildman–Crippen LogP) is 2.44. The molecule has 0 atom stereocenters. The number of carbonyl (C=O) groups is 1. The number of nitrogens with one attached hydrogen (secondary N) is 1. The molecule has 18 heavy (non-hydrogen) atoms. The Balaban J connectivity index is 1.93. The van der Waals surface area contributed by atoms with E-state index in [2.05, 4.69) is 10.2 Å². The number of rotatable bonds is 6. The summed E-state index contributed by atoms with van der Waals surface area (Å²) in [7, 11) is 0. The van der Waals surface area contributed by atoms with E-state index < -0.39 is 0 Å². The SMILES string of the molecule is CCNC(=O)CN(Cc1ccc(Cl)cc1)C1CC1. The van der Waals surface area contributed by atoms with Crippen LogP contribution in [-0.2, 0) is 11.3 Å². The summed E-state index contributed by atoms with van der Waals surface area (Å²) in [6.07, 6.45) is 2.40. The van der Waals surface area contributed by atoms with Crippen LogP contribution < -0.4 is 5.32 Å². The van der Waals surface area contributed by atoms with Crippen LogP contribution in [0.5, 0.6) is 0 Å². The fourth-order valence-electron chi connectivity index (χ4n) is 2.02. The molecule has 98 valence electrons. The van der Waals surface area contributed by atoms with Crippen molar-refractivity contribution in [3.05, 3.63) is 34.9 Å². The molecule has 1 aromatic carbocycles. The van der Waals surface area contributed by atoms with Gasteiger partial charge in [0.2, 0.25) is 5.91 Å². The normalized spacial score (nSPS) is 14.8. The lowest BCUT2D eigenvalue weighted by Gasteiger charge is -2.21. The fourth-order valence-corrected chi connectivity index (χ4v) is 2.14. The highest BCUT2D eigenvalue weighted by Crippen LogP contribution is 2.28. The molecule has 1 amide bonds. The summed E-state index contributed by atoms with van der Waals surface area (Å²) in [5, 5.41) is 3.60. The summed E-state index contributed by atoms with van der Waals surface area (Å²) >= 11 is 5.87. The minimum absolute atomic E-state index is 0.110. The van der Waals surface area contributed by atoms with Crippen molar-refractivity contribution in [2.45, 2.75) is 32.4 Å². The zero-order chi connectivity index (χ0) is 13.0. The van der Waals surface area contributed by atoms with E-state index in [4.69, 9.17) is 11.6 Å². The number of carbonyl (C=O) groups excluding carboxylic acids is 1. The molecule has 2 rings (SSSR count). The number of likely N-dealkylation sites (N-methyl/N-ethyl adjacent to an activating group) is 1. The van der Waals surface area contributed by atoms with Crippen LogP contribution in [0.2, 0.25) is 5.02 Å². The van der Waals surface area contributed by atoms with E-state index in [9.17, 15) is 4.79 Å². The van der Waals surface area contributed by atoms with Crippen molar-refractivity contribution in [3.8, 4) is 0 Å². The quantitative estimate of drug-likeness (QED) is 0.858. The van der Waals surface area contributed by atoms with Gasteiger partial charge in [-0.15, -0.1) is 0 Å². The Kier molecular flexibility index (Phi) is 4.61. The van der Waals surface area contributed by atoms with Crippen LogP contribution >= 0.6 is 11.6 Å². The Morgan fingerprint density at radius 2 is 2.06 bits per heavy atom.